The number of nitrogens with zero attached hydrogens (tertiary/aromatic N) is 1. The Morgan fingerprint density at radius 3 is 3.05 bits per heavy atom. The summed E-state index contributed by atoms with van der Waals surface area (Å²) in [6.45, 7) is 1.42. The van der Waals surface area contributed by atoms with Gasteiger partial charge in [0.15, 0.2) is 0 Å². The summed E-state index contributed by atoms with van der Waals surface area (Å²) in [5.74, 6) is 0.0206. The number of aromatic nitrogens is 1. The summed E-state index contributed by atoms with van der Waals surface area (Å²) in [4.78, 5) is 17.5. The van der Waals surface area contributed by atoms with Crippen LogP contribution in [0.15, 0.2) is 24.3 Å². The third-order valence-electron chi connectivity index (χ3n) is 4.66. The zero-order valence-corrected chi connectivity index (χ0v) is 12.6. The van der Waals surface area contributed by atoms with E-state index in [4.69, 9.17) is 9.72 Å². The minimum atomic E-state index is 0.0206. The lowest BCUT2D eigenvalue weighted by molar-refractivity contribution is 0.0858. The predicted octanol–water partition coefficient (Wildman–Crippen LogP) is 2.63. The van der Waals surface area contributed by atoms with Gasteiger partial charge in [-0.25, -0.2) is 0 Å². The van der Waals surface area contributed by atoms with Gasteiger partial charge in [0.05, 0.1) is 17.2 Å². The van der Waals surface area contributed by atoms with Gasteiger partial charge in [-0.05, 0) is 43.7 Å². The van der Waals surface area contributed by atoms with Crippen molar-refractivity contribution in [1.29, 1.82) is 0 Å². The van der Waals surface area contributed by atoms with E-state index in [1.165, 1.54) is 0 Å². The monoisotopic (exact) mass is 296 g/mol. The number of para-hydroxylation sites is 1. The Labute approximate surface area is 129 Å². The van der Waals surface area contributed by atoms with E-state index in [0.717, 1.165) is 66.4 Å². The van der Waals surface area contributed by atoms with Crippen LogP contribution in [0.5, 0.6) is 0 Å². The lowest BCUT2D eigenvalue weighted by Gasteiger charge is -2.14. The van der Waals surface area contributed by atoms with E-state index in [1.54, 1.807) is 0 Å². The molecule has 0 bridgehead atoms. The van der Waals surface area contributed by atoms with Crippen LogP contribution in [0, 0.1) is 0 Å². The molecule has 1 fully saturated rings. The summed E-state index contributed by atoms with van der Waals surface area (Å²) in [6.07, 6.45) is 5.32. The number of aryl methyl sites for hydroxylation is 1. The van der Waals surface area contributed by atoms with E-state index >= 15 is 0 Å². The van der Waals surface area contributed by atoms with Gasteiger partial charge in [-0.15, -0.1) is 0 Å². The quantitative estimate of drug-likeness (QED) is 0.947. The summed E-state index contributed by atoms with van der Waals surface area (Å²) in [5, 5.41) is 4.04. The van der Waals surface area contributed by atoms with Gasteiger partial charge in [0.1, 0.15) is 0 Å². The molecule has 1 amide bonds. The van der Waals surface area contributed by atoms with Crippen molar-refractivity contribution in [2.24, 2.45) is 0 Å². The Bertz CT molecular complexity index is 720. The molecule has 2 aromatic rings. The van der Waals surface area contributed by atoms with Crippen LogP contribution in [0.3, 0.4) is 0 Å². The van der Waals surface area contributed by atoms with E-state index in [1.807, 2.05) is 24.3 Å². The fraction of sp³-hybridized carbons (Fsp3) is 0.444. The van der Waals surface area contributed by atoms with Crippen LogP contribution in [0.1, 0.15) is 40.9 Å². The van der Waals surface area contributed by atoms with Crippen LogP contribution in [0.4, 0.5) is 0 Å². The number of benzene rings is 1. The van der Waals surface area contributed by atoms with E-state index in [9.17, 15) is 4.79 Å². The third kappa shape index (κ3) is 2.37. The standard InChI is InChI=1S/C18H20N2O2/c21-18(19-11-12-5-4-10-22-12)17-13-6-1-2-8-15(13)20-16-9-3-7-14(16)17/h1-2,6,8,12H,3-5,7,9-11H2,(H,19,21)/t12-/m1/s1. The zero-order chi connectivity index (χ0) is 14.9. The van der Waals surface area contributed by atoms with Gasteiger partial charge in [0.2, 0.25) is 0 Å². The molecule has 1 aromatic carbocycles. The third-order valence-corrected chi connectivity index (χ3v) is 4.66. The predicted molar refractivity (Wildman–Crippen MR) is 85.1 cm³/mol. The van der Waals surface area contributed by atoms with E-state index in [-0.39, 0.29) is 12.0 Å². The normalized spacial score (nSPS) is 20.3. The number of hydrogen-bond donors (Lipinski definition) is 1. The minimum absolute atomic E-state index is 0.0206. The minimum Gasteiger partial charge on any atom is -0.376 e. The Hall–Kier alpha value is -1.94. The zero-order valence-electron chi connectivity index (χ0n) is 12.6. The maximum absolute atomic E-state index is 12.8. The number of amides is 1. The first-order valence-electron chi connectivity index (χ1n) is 8.13. The van der Waals surface area contributed by atoms with Crippen molar-refractivity contribution in [3.05, 3.63) is 41.1 Å². The molecule has 22 heavy (non-hydrogen) atoms. The molecule has 114 valence electrons. The van der Waals surface area contributed by atoms with E-state index < -0.39 is 0 Å². The molecular formula is C18H20N2O2. The Morgan fingerprint density at radius 2 is 2.18 bits per heavy atom. The maximum Gasteiger partial charge on any atom is 0.252 e. The number of fused-ring (bicyclic) bond motifs is 2. The fourth-order valence-electron chi connectivity index (χ4n) is 3.57. The van der Waals surface area contributed by atoms with Crippen molar-refractivity contribution in [1.82, 2.24) is 10.3 Å². The Kier molecular flexibility index (Phi) is 3.54. The molecule has 0 spiro atoms. The van der Waals surface area contributed by atoms with Gasteiger partial charge < -0.3 is 10.1 Å². The first-order valence-corrected chi connectivity index (χ1v) is 8.13. The van der Waals surface area contributed by atoms with Crippen LogP contribution < -0.4 is 5.32 Å². The lowest BCUT2D eigenvalue weighted by Crippen LogP contribution is -2.32. The molecule has 1 aliphatic heterocycles. The largest absolute Gasteiger partial charge is 0.376 e. The smallest absolute Gasteiger partial charge is 0.252 e. The van der Waals surface area contributed by atoms with Gasteiger partial charge in [-0.2, -0.15) is 0 Å². The van der Waals surface area contributed by atoms with E-state index in [2.05, 4.69) is 5.32 Å². The fourth-order valence-corrected chi connectivity index (χ4v) is 3.57. The van der Waals surface area contributed by atoms with Gasteiger partial charge in [-0.3, -0.25) is 9.78 Å². The van der Waals surface area contributed by atoms with Crippen LogP contribution in [-0.4, -0.2) is 30.1 Å². The summed E-state index contributed by atoms with van der Waals surface area (Å²) >= 11 is 0. The molecule has 1 atom stereocenters. The highest BCUT2D eigenvalue weighted by Crippen LogP contribution is 2.29. The van der Waals surface area contributed by atoms with Crippen molar-refractivity contribution in [2.45, 2.75) is 38.2 Å². The number of rotatable bonds is 3. The van der Waals surface area contributed by atoms with Gasteiger partial charge in [0.25, 0.3) is 5.91 Å². The number of hydrogen-bond acceptors (Lipinski definition) is 3. The topological polar surface area (TPSA) is 51.2 Å². The highest BCUT2D eigenvalue weighted by molar-refractivity contribution is 6.07. The molecule has 1 aliphatic carbocycles. The van der Waals surface area contributed by atoms with Crippen LogP contribution in [-0.2, 0) is 17.6 Å². The molecule has 4 heteroatoms. The molecule has 2 heterocycles. The molecule has 4 rings (SSSR count). The molecule has 0 radical (unpaired) electrons. The van der Waals surface area contributed by atoms with Crippen LogP contribution in [0.25, 0.3) is 10.9 Å². The van der Waals surface area contributed by atoms with Crippen molar-refractivity contribution >= 4 is 16.8 Å². The highest BCUT2D eigenvalue weighted by Gasteiger charge is 2.24. The molecule has 1 N–H and O–H groups in total. The SMILES string of the molecule is O=C(NC[C@H]1CCCO1)c1c2c(nc3ccccc13)CCC2. The lowest BCUT2D eigenvalue weighted by atomic mass is 10.0. The number of nitrogens with one attached hydrogen (secondary N) is 1. The van der Waals surface area contributed by atoms with Gasteiger partial charge in [-0.1, -0.05) is 18.2 Å². The second-order valence-electron chi connectivity index (χ2n) is 6.13. The first kappa shape index (κ1) is 13.7. The highest BCUT2D eigenvalue weighted by atomic mass is 16.5. The molecular weight excluding hydrogens is 276 g/mol. The maximum atomic E-state index is 12.8. The molecule has 4 nitrogen and oxygen atoms in total. The van der Waals surface area contributed by atoms with Crippen LogP contribution >= 0.6 is 0 Å². The van der Waals surface area contributed by atoms with Crippen molar-refractivity contribution in [3.63, 3.8) is 0 Å². The average Bonchev–Trinajstić information content (AvgIpc) is 3.21. The second kappa shape index (κ2) is 5.69. The summed E-state index contributed by atoms with van der Waals surface area (Å²) in [5.41, 5.74) is 3.99. The molecule has 0 unspecified atom stereocenters. The number of carbonyl (C=O) groups excluding carboxylic acids is 1. The Balaban J connectivity index is 1.68. The number of ether oxygens (including phenoxy) is 1. The molecule has 2 aliphatic rings. The summed E-state index contributed by atoms with van der Waals surface area (Å²) in [6, 6.07) is 7.94. The average molecular weight is 296 g/mol. The summed E-state index contributed by atoms with van der Waals surface area (Å²) < 4.78 is 5.59. The summed E-state index contributed by atoms with van der Waals surface area (Å²) in [7, 11) is 0. The first-order chi connectivity index (χ1) is 10.8. The molecule has 0 saturated carbocycles. The number of pyridine rings is 1. The van der Waals surface area contributed by atoms with Crippen molar-refractivity contribution < 1.29 is 9.53 Å². The van der Waals surface area contributed by atoms with Gasteiger partial charge in [0, 0.05) is 24.2 Å². The Morgan fingerprint density at radius 1 is 1.27 bits per heavy atom. The van der Waals surface area contributed by atoms with Crippen molar-refractivity contribution in [3.8, 4) is 0 Å². The molecule has 1 saturated heterocycles. The number of carbonyl (C=O) groups is 1. The second-order valence-corrected chi connectivity index (χ2v) is 6.13. The van der Waals surface area contributed by atoms with Crippen LogP contribution in [0.2, 0.25) is 0 Å². The van der Waals surface area contributed by atoms with E-state index in [0.29, 0.717) is 6.54 Å². The van der Waals surface area contributed by atoms with Crippen molar-refractivity contribution in [2.75, 3.05) is 13.2 Å². The molecule has 1 aromatic heterocycles. The van der Waals surface area contributed by atoms with Gasteiger partial charge >= 0.3 is 0 Å².